The van der Waals surface area contributed by atoms with Gasteiger partial charge in [0.1, 0.15) is 0 Å². The topological polar surface area (TPSA) is 20.2 Å². The number of benzene rings is 2. The zero-order valence-electron chi connectivity index (χ0n) is 11.5. The average Bonchev–Trinajstić information content (AvgIpc) is 2.46. The van der Waals surface area contributed by atoms with E-state index in [1.165, 1.54) is 17.8 Å². The first kappa shape index (κ1) is 17.2. The quantitative estimate of drug-likeness (QED) is 0.778. The number of aliphatic hydroxyl groups is 1. The molecule has 0 heterocycles. The maximum absolute atomic E-state index is 12.7. The fourth-order valence-corrected chi connectivity index (χ4v) is 3.19. The van der Waals surface area contributed by atoms with Crippen molar-refractivity contribution in [1.82, 2.24) is 0 Å². The third kappa shape index (κ3) is 4.66. The molecule has 2 rings (SSSR count). The van der Waals surface area contributed by atoms with Crippen LogP contribution in [-0.2, 0) is 12.6 Å². The van der Waals surface area contributed by atoms with Gasteiger partial charge in [0.15, 0.2) is 0 Å². The van der Waals surface area contributed by atoms with Crippen LogP contribution >= 0.6 is 23.4 Å². The molecule has 0 aliphatic heterocycles. The lowest BCUT2D eigenvalue weighted by Gasteiger charge is -2.09. The second-order valence-corrected chi connectivity index (χ2v) is 6.26. The highest BCUT2D eigenvalue weighted by Crippen LogP contribution is 2.35. The van der Waals surface area contributed by atoms with Gasteiger partial charge in [0, 0.05) is 21.4 Å². The molecular formula is C16H14ClF3OS. The third-order valence-corrected chi connectivity index (χ3v) is 4.36. The van der Waals surface area contributed by atoms with Crippen LogP contribution in [0, 0.1) is 0 Å². The zero-order chi connectivity index (χ0) is 16.2. The monoisotopic (exact) mass is 346 g/mol. The van der Waals surface area contributed by atoms with Crippen LogP contribution in [-0.4, -0.2) is 11.7 Å². The van der Waals surface area contributed by atoms with E-state index in [9.17, 15) is 13.2 Å². The summed E-state index contributed by atoms with van der Waals surface area (Å²) in [7, 11) is 0. The lowest BCUT2D eigenvalue weighted by atomic mass is 10.1. The van der Waals surface area contributed by atoms with E-state index in [1.54, 1.807) is 12.1 Å². The molecule has 22 heavy (non-hydrogen) atoms. The van der Waals surface area contributed by atoms with Crippen molar-refractivity contribution in [3.05, 3.63) is 58.6 Å². The molecule has 0 radical (unpaired) electrons. The Hall–Kier alpha value is -1.17. The molecule has 0 saturated carbocycles. The molecule has 0 spiro atoms. The molecular weight excluding hydrogens is 333 g/mol. The number of rotatable bonds is 5. The predicted octanol–water partition coefficient (Wildman–Crippen LogP) is 5.43. The molecule has 0 aliphatic carbocycles. The van der Waals surface area contributed by atoms with Gasteiger partial charge in [-0.1, -0.05) is 35.5 Å². The number of hydrogen-bond acceptors (Lipinski definition) is 2. The Morgan fingerprint density at radius 1 is 1.05 bits per heavy atom. The van der Waals surface area contributed by atoms with E-state index in [2.05, 4.69) is 0 Å². The van der Waals surface area contributed by atoms with E-state index in [1.807, 2.05) is 12.1 Å². The van der Waals surface area contributed by atoms with Crippen molar-refractivity contribution >= 4 is 23.4 Å². The Bertz CT molecular complexity index is 644. The average molecular weight is 347 g/mol. The zero-order valence-corrected chi connectivity index (χ0v) is 13.1. The van der Waals surface area contributed by atoms with Crippen LogP contribution in [0.4, 0.5) is 13.2 Å². The molecule has 0 fully saturated rings. The SMILES string of the molecule is OCCCc1ccc(Sc2cccc(C(F)(F)F)c2)cc1Cl. The van der Waals surface area contributed by atoms with Crippen LogP contribution in [0.1, 0.15) is 17.5 Å². The second kappa shape index (κ2) is 7.40. The molecule has 118 valence electrons. The summed E-state index contributed by atoms with van der Waals surface area (Å²) >= 11 is 7.39. The van der Waals surface area contributed by atoms with Crippen LogP contribution in [0.3, 0.4) is 0 Å². The van der Waals surface area contributed by atoms with Crippen LogP contribution in [0.25, 0.3) is 0 Å². The summed E-state index contributed by atoms with van der Waals surface area (Å²) in [6, 6.07) is 10.6. The minimum atomic E-state index is -4.34. The molecule has 2 aromatic rings. The fourth-order valence-electron chi connectivity index (χ4n) is 1.94. The molecule has 0 aromatic heterocycles. The minimum Gasteiger partial charge on any atom is -0.396 e. The Morgan fingerprint density at radius 3 is 2.41 bits per heavy atom. The van der Waals surface area contributed by atoms with Crippen LogP contribution in [0.2, 0.25) is 5.02 Å². The molecule has 0 atom stereocenters. The minimum absolute atomic E-state index is 0.0943. The number of hydrogen-bond donors (Lipinski definition) is 1. The van der Waals surface area contributed by atoms with Gasteiger partial charge in [-0.15, -0.1) is 0 Å². The molecule has 1 nitrogen and oxygen atoms in total. The van der Waals surface area contributed by atoms with Gasteiger partial charge in [0.05, 0.1) is 5.56 Å². The van der Waals surface area contributed by atoms with E-state index < -0.39 is 11.7 Å². The van der Waals surface area contributed by atoms with Crippen LogP contribution in [0.15, 0.2) is 52.3 Å². The summed E-state index contributed by atoms with van der Waals surface area (Å²) in [4.78, 5) is 1.28. The fraction of sp³-hybridized carbons (Fsp3) is 0.250. The summed E-state index contributed by atoms with van der Waals surface area (Å²) in [5.74, 6) is 0. The van der Waals surface area contributed by atoms with Gasteiger partial charge in [-0.2, -0.15) is 13.2 Å². The normalized spacial score (nSPS) is 11.7. The van der Waals surface area contributed by atoms with Gasteiger partial charge in [-0.05, 0) is 48.7 Å². The van der Waals surface area contributed by atoms with E-state index in [-0.39, 0.29) is 6.61 Å². The van der Waals surface area contributed by atoms with Gasteiger partial charge in [0.25, 0.3) is 0 Å². The first-order valence-electron chi connectivity index (χ1n) is 6.64. The lowest BCUT2D eigenvalue weighted by molar-refractivity contribution is -0.137. The number of alkyl halides is 3. The standard InChI is InChI=1S/C16H14ClF3OS/c17-15-10-14(7-6-11(15)3-2-8-21)22-13-5-1-4-12(9-13)16(18,19)20/h1,4-7,9-10,21H,2-3,8H2. The molecule has 0 saturated heterocycles. The number of halogens is 4. The highest BCUT2D eigenvalue weighted by molar-refractivity contribution is 7.99. The molecule has 2 aromatic carbocycles. The van der Waals surface area contributed by atoms with Gasteiger partial charge < -0.3 is 5.11 Å². The van der Waals surface area contributed by atoms with Crippen LogP contribution < -0.4 is 0 Å². The van der Waals surface area contributed by atoms with Crippen molar-refractivity contribution in [3.63, 3.8) is 0 Å². The van der Waals surface area contributed by atoms with Crippen molar-refractivity contribution in [3.8, 4) is 0 Å². The van der Waals surface area contributed by atoms with E-state index >= 15 is 0 Å². The molecule has 0 aliphatic rings. The number of aryl methyl sites for hydroxylation is 1. The van der Waals surface area contributed by atoms with Crippen molar-refractivity contribution in [2.45, 2.75) is 28.8 Å². The van der Waals surface area contributed by atoms with Crippen molar-refractivity contribution in [2.75, 3.05) is 6.61 Å². The van der Waals surface area contributed by atoms with E-state index in [0.717, 1.165) is 22.6 Å². The third-order valence-electron chi connectivity index (χ3n) is 3.03. The Labute approximate surface area is 136 Å². The maximum Gasteiger partial charge on any atom is 0.416 e. The summed E-state index contributed by atoms with van der Waals surface area (Å²) in [6.45, 7) is 0.0943. The smallest absolute Gasteiger partial charge is 0.396 e. The van der Waals surface area contributed by atoms with Gasteiger partial charge >= 0.3 is 6.18 Å². The molecule has 1 N–H and O–H groups in total. The molecule has 0 unspecified atom stereocenters. The maximum atomic E-state index is 12.7. The van der Waals surface area contributed by atoms with Crippen LogP contribution in [0.5, 0.6) is 0 Å². The van der Waals surface area contributed by atoms with Crippen molar-refractivity contribution in [1.29, 1.82) is 0 Å². The van der Waals surface area contributed by atoms with Gasteiger partial charge in [-0.3, -0.25) is 0 Å². The highest BCUT2D eigenvalue weighted by atomic mass is 35.5. The Morgan fingerprint density at radius 2 is 1.77 bits per heavy atom. The number of aliphatic hydroxyl groups excluding tert-OH is 1. The summed E-state index contributed by atoms with van der Waals surface area (Å²) in [6.07, 6.45) is -3.05. The summed E-state index contributed by atoms with van der Waals surface area (Å²) in [5, 5.41) is 9.38. The summed E-state index contributed by atoms with van der Waals surface area (Å²) < 4.78 is 38.1. The van der Waals surface area contributed by atoms with Gasteiger partial charge in [0.2, 0.25) is 0 Å². The molecule has 0 bridgehead atoms. The Balaban J connectivity index is 2.16. The van der Waals surface area contributed by atoms with Crippen molar-refractivity contribution in [2.24, 2.45) is 0 Å². The van der Waals surface area contributed by atoms with Crippen molar-refractivity contribution < 1.29 is 18.3 Å². The lowest BCUT2D eigenvalue weighted by Crippen LogP contribution is -2.04. The molecule has 6 heteroatoms. The van der Waals surface area contributed by atoms with E-state index in [0.29, 0.717) is 22.8 Å². The largest absolute Gasteiger partial charge is 0.416 e. The van der Waals surface area contributed by atoms with E-state index in [4.69, 9.17) is 16.7 Å². The second-order valence-electron chi connectivity index (χ2n) is 4.71. The first-order valence-corrected chi connectivity index (χ1v) is 7.84. The van der Waals surface area contributed by atoms with Gasteiger partial charge in [-0.25, -0.2) is 0 Å². The highest BCUT2D eigenvalue weighted by Gasteiger charge is 2.30. The molecule has 0 amide bonds. The summed E-state index contributed by atoms with van der Waals surface area (Å²) in [5.41, 5.74) is 0.257. The predicted molar refractivity (Wildman–Crippen MR) is 82.4 cm³/mol. The Kier molecular flexibility index (Phi) is 5.78. The first-order chi connectivity index (χ1) is 10.4.